The van der Waals surface area contributed by atoms with Gasteiger partial charge in [0, 0.05) is 18.7 Å². The van der Waals surface area contributed by atoms with Gasteiger partial charge in [-0.3, -0.25) is 4.79 Å². The summed E-state index contributed by atoms with van der Waals surface area (Å²) in [6.45, 7) is 6.12. The molecule has 0 bridgehead atoms. The summed E-state index contributed by atoms with van der Waals surface area (Å²) in [6.07, 6.45) is 3.83. The second-order valence-electron chi connectivity index (χ2n) is 6.15. The van der Waals surface area contributed by atoms with E-state index in [4.69, 9.17) is 4.74 Å². The van der Waals surface area contributed by atoms with Crippen LogP contribution >= 0.6 is 0 Å². The maximum absolute atomic E-state index is 11.2. The number of amides is 1. The van der Waals surface area contributed by atoms with Gasteiger partial charge in [0.2, 0.25) is 5.91 Å². The van der Waals surface area contributed by atoms with Gasteiger partial charge in [-0.25, -0.2) is 0 Å². The Hall–Kier alpha value is -1.71. The molecule has 116 valence electrons. The van der Waals surface area contributed by atoms with Crippen molar-refractivity contribution in [3.8, 4) is 5.75 Å². The Morgan fingerprint density at radius 2 is 1.90 bits per heavy atom. The molecule has 0 spiro atoms. The highest BCUT2D eigenvalue weighted by molar-refractivity contribution is 5.89. The van der Waals surface area contributed by atoms with Gasteiger partial charge in [-0.1, -0.05) is 20.3 Å². The van der Waals surface area contributed by atoms with Crippen LogP contribution in [0.15, 0.2) is 18.2 Å². The van der Waals surface area contributed by atoms with E-state index in [1.807, 2.05) is 18.2 Å². The highest BCUT2D eigenvalue weighted by atomic mass is 16.5. The Morgan fingerprint density at radius 3 is 2.48 bits per heavy atom. The second-order valence-corrected chi connectivity index (χ2v) is 6.15. The van der Waals surface area contributed by atoms with Gasteiger partial charge in [-0.2, -0.15) is 0 Å². The number of hydrogen-bond acceptors (Lipinski definition) is 3. The molecule has 2 rings (SSSR count). The minimum absolute atomic E-state index is 0.0643. The average Bonchev–Trinajstić information content (AvgIpc) is 2.43. The predicted molar refractivity (Wildman–Crippen MR) is 86.9 cm³/mol. The molecule has 1 fully saturated rings. The molecule has 4 nitrogen and oxygen atoms in total. The van der Waals surface area contributed by atoms with Crippen molar-refractivity contribution >= 4 is 17.3 Å². The summed E-state index contributed by atoms with van der Waals surface area (Å²) in [5.41, 5.74) is 1.75. The predicted octanol–water partition coefficient (Wildman–Crippen LogP) is 3.89. The molecule has 1 aromatic carbocycles. The van der Waals surface area contributed by atoms with Crippen molar-refractivity contribution in [2.24, 2.45) is 11.8 Å². The monoisotopic (exact) mass is 290 g/mol. The number of nitrogens with one attached hydrogen (secondary N) is 2. The molecule has 0 radical (unpaired) electrons. The first-order valence-corrected chi connectivity index (χ1v) is 7.73. The summed E-state index contributed by atoms with van der Waals surface area (Å²) < 4.78 is 5.44. The molecule has 1 aliphatic carbocycles. The number of ether oxygens (including phenoxy) is 1. The number of rotatable bonds is 4. The van der Waals surface area contributed by atoms with Crippen molar-refractivity contribution in [2.45, 2.75) is 46.1 Å². The van der Waals surface area contributed by atoms with Crippen LogP contribution in [0, 0.1) is 11.8 Å². The van der Waals surface area contributed by atoms with Crippen molar-refractivity contribution in [1.29, 1.82) is 0 Å². The summed E-state index contributed by atoms with van der Waals surface area (Å²) >= 11 is 0. The summed E-state index contributed by atoms with van der Waals surface area (Å²) in [6, 6.07) is 6.15. The fourth-order valence-electron chi connectivity index (χ4n) is 3.25. The lowest BCUT2D eigenvalue weighted by Crippen LogP contribution is -2.37. The molecule has 1 aliphatic rings. The normalized spacial score (nSPS) is 25.2. The molecule has 2 unspecified atom stereocenters. The van der Waals surface area contributed by atoms with Crippen LogP contribution in [0.25, 0.3) is 0 Å². The summed E-state index contributed by atoms with van der Waals surface area (Å²) in [5.74, 6) is 2.03. The van der Waals surface area contributed by atoms with Gasteiger partial charge in [0.1, 0.15) is 5.75 Å². The topological polar surface area (TPSA) is 50.4 Å². The lowest BCUT2D eigenvalue weighted by molar-refractivity contribution is -0.114. The van der Waals surface area contributed by atoms with Crippen molar-refractivity contribution in [1.82, 2.24) is 0 Å². The minimum atomic E-state index is -0.0643. The molecular weight excluding hydrogens is 264 g/mol. The smallest absolute Gasteiger partial charge is 0.221 e. The summed E-state index contributed by atoms with van der Waals surface area (Å²) in [4.78, 5) is 11.2. The number of hydrogen-bond donors (Lipinski definition) is 2. The summed E-state index contributed by atoms with van der Waals surface area (Å²) in [5, 5.41) is 6.46. The van der Waals surface area contributed by atoms with Crippen LogP contribution < -0.4 is 15.4 Å². The zero-order valence-electron chi connectivity index (χ0n) is 13.4. The molecule has 1 saturated carbocycles. The fraction of sp³-hybridized carbons (Fsp3) is 0.588. The maximum atomic E-state index is 11.2. The quantitative estimate of drug-likeness (QED) is 0.884. The van der Waals surface area contributed by atoms with E-state index in [0.717, 1.165) is 17.1 Å². The molecule has 21 heavy (non-hydrogen) atoms. The lowest BCUT2D eigenvalue weighted by Gasteiger charge is -2.36. The highest BCUT2D eigenvalue weighted by Crippen LogP contribution is 2.35. The van der Waals surface area contributed by atoms with Crippen LogP contribution in [0.3, 0.4) is 0 Å². The van der Waals surface area contributed by atoms with Crippen molar-refractivity contribution in [3.63, 3.8) is 0 Å². The van der Waals surface area contributed by atoms with Crippen molar-refractivity contribution in [3.05, 3.63) is 18.2 Å². The van der Waals surface area contributed by atoms with Crippen LogP contribution in [0.2, 0.25) is 0 Å². The summed E-state index contributed by atoms with van der Waals surface area (Å²) in [7, 11) is 1.67. The largest absolute Gasteiger partial charge is 0.495 e. The van der Waals surface area contributed by atoms with Gasteiger partial charge in [0.25, 0.3) is 0 Å². The molecule has 1 amide bonds. The minimum Gasteiger partial charge on any atom is -0.495 e. The van der Waals surface area contributed by atoms with Crippen LogP contribution in [0.1, 0.15) is 40.0 Å². The lowest BCUT2D eigenvalue weighted by atomic mass is 9.78. The third kappa shape index (κ3) is 3.90. The fourth-order valence-corrected chi connectivity index (χ4v) is 3.25. The van der Waals surface area contributed by atoms with E-state index < -0.39 is 0 Å². The van der Waals surface area contributed by atoms with Crippen LogP contribution in [-0.2, 0) is 4.79 Å². The third-order valence-electron chi connectivity index (χ3n) is 4.39. The van der Waals surface area contributed by atoms with Crippen molar-refractivity contribution in [2.75, 3.05) is 17.7 Å². The molecule has 1 aromatic rings. The van der Waals surface area contributed by atoms with Crippen LogP contribution in [0.5, 0.6) is 5.75 Å². The number of benzene rings is 1. The van der Waals surface area contributed by atoms with E-state index in [-0.39, 0.29) is 5.91 Å². The molecule has 0 aromatic heterocycles. The first-order chi connectivity index (χ1) is 10.0. The Labute approximate surface area is 127 Å². The molecule has 0 aliphatic heterocycles. The Balaban J connectivity index is 2.21. The van der Waals surface area contributed by atoms with Crippen LogP contribution in [0.4, 0.5) is 11.4 Å². The van der Waals surface area contributed by atoms with Gasteiger partial charge < -0.3 is 15.4 Å². The first-order valence-electron chi connectivity index (χ1n) is 7.73. The number of anilines is 2. The maximum Gasteiger partial charge on any atom is 0.221 e. The SMILES string of the molecule is COc1ccc(NC(C)=O)cc1NC1C(C)CCCC1C. The van der Waals surface area contributed by atoms with E-state index in [1.165, 1.54) is 26.2 Å². The van der Waals surface area contributed by atoms with Gasteiger partial charge >= 0.3 is 0 Å². The van der Waals surface area contributed by atoms with E-state index in [0.29, 0.717) is 17.9 Å². The Kier molecular flexibility index (Phi) is 5.10. The first kappa shape index (κ1) is 15.7. The van der Waals surface area contributed by atoms with E-state index in [9.17, 15) is 4.79 Å². The average molecular weight is 290 g/mol. The van der Waals surface area contributed by atoms with Gasteiger partial charge in [0.15, 0.2) is 0 Å². The van der Waals surface area contributed by atoms with Crippen molar-refractivity contribution < 1.29 is 9.53 Å². The zero-order chi connectivity index (χ0) is 15.4. The second kappa shape index (κ2) is 6.83. The van der Waals surface area contributed by atoms with E-state index in [2.05, 4.69) is 24.5 Å². The molecular formula is C17H26N2O2. The Bertz CT molecular complexity index is 492. The highest BCUT2D eigenvalue weighted by Gasteiger charge is 2.28. The van der Waals surface area contributed by atoms with Gasteiger partial charge in [-0.15, -0.1) is 0 Å². The number of methoxy groups -OCH3 is 1. The van der Waals surface area contributed by atoms with E-state index >= 15 is 0 Å². The standard InChI is InChI=1S/C17H26N2O2/c1-11-6-5-7-12(2)17(11)19-15-10-14(18-13(3)20)8-9-16(15)21-4/h8-12,17,19H,5-7H2,1-4H3,(H,18,20). The van der Waals surface area contributed by atoms with E-state index in [1.54, 1.807) is 7.11 Å². The zero-order valence-corrected chi connectivity index (χ0v) is 13.4. The number of carbonyl (C=O) groups excluding carboxylic acids is 1. The third-order valence-corrected chi connectivity index (χ3v) is 4.39. The van der Waals surface area contributed by atoms with Crippen LogP contribution in [-0.4, -0.2) is 19.1 Å². The molecule has 0 heterocycles. The van der Waals surface area contributed by atoms with Gasteiger partial charge in [-0.05, 0) is 42.9 Å². The Morgan fingerprint density at radius 1 is 1.24 bits per heavy atom. The number of carbonyl (C=O) groups is 1. The molecule has 4 heteroatoms. The van der Waals surface area contributed by atoms with Gasteiger partial charge in [0.05, 0.1) is 12.8 Å². The molecule has 0 saturated heterocycles. The molecule has 2 N–H and O–H groups in total. The molecule has 2 atom stereocenters.